The Bertz CT molecular complexity index is 944. The summed E-state index contributed by atoms with van der Waals surface area (Å²) in [4.78, 5) is 25.5. The minimum Gasteiger partial charge on any atom is -0.423 e. The maximum absolute atomic E-state index is 11.7. The van der Waals surface area contributed by atoms with Gasteiger partial charge in [0, 0.05) is 32.9 Å². The Kier molecular flexibility index (Phi) is 8.33. The van der Waals surface area contributed by atoms with E-state index in [1.54, 1.807) is 6.07 Å². The fourth-order valence-electron chi connectivity index (χ4n) is 3.70. The maximum Gasteiger partial charge on any atom is 0.308 e. The maximum atomic E-state index is 11.7. The molecule has 7 heteroatoms. The van der Waals surface area contributed by atoms with E-state index in [1.807, 2.05) is 31.2 Å². The van der Waals surface area contributed by atoms with Gasteiger partial charge in [0.15, 0.2) is 11.5 Å². The molecule has 0 aliphatic carbocycles. The lowest BCUT2D eigenvalue weighted by Gasteiger charge is -2.25. The van der Waals surface area contributed by atoms with E-state index in [0.717, 1.165) is 29.8 Å². The predicted octanol–water partition coefficient (Wildman–Crippen LogP) is 5.14. The second-order valence-corrected chi connectivity index (χ2v) is 7.34. The van der Waals surface area contributed by atoms with Crippen molar-refractivity contribution in [3.05, 3.63) is 70.4 Å². The van der Waals surface area contributed by atoms with Gasteiger partial charge in [-0.1, -0.05) is 48.0 Å². The second kappa shape index (κ2) is 10.5. The summed E-state index contributed by atoms with van der Waals surface area (Å²) in [5.41, 5.74) is 3.01. The summed E-state index contributed by atoms with van der Waals surface area (Å²) in [7, 11) is 0. The number of nitrogens with zero attached hydrogens (tertiary/aromatic N) is 1. The molecule has 1 heterocycles. The molecular formula is C23H25Cl2NO4. The molecule has 1 unspecified atom stereocenters. The van der Waals surface area contributed by atoms with Gasteiger partial charge in [-0.15, -0.1) is 12.4 Å². The van der Waals surface area contributed by atoms with Crippen molar-refractivity contribution in [2.45, 2.75) is 33.1 Å². The lowest BCUT2D eigenvalue weighted by Crippen LogP contribution is -2.23. The molecule has 1 atom stereocenters. The van der Waals surface area contributed by atoms with Crippen molar-refractivity contribution in [2.24, 2.45) is 0 Å². The summed E-state index contributed by atoms with van der Waals surface area (Å²) < 4.78 is 10.7. The fourth-order valence-corrected chi connectivity index (χ4v) is 4.03. The number of hydrogen-bond acceptors (Lipinski definition) is 5. The zero-order valence-corrected chi connectivity index (χ0v) is 18.8. The van der Waals surface area contributed by atoms with Gasteiger partial charge < -0.3 is 14.4 Å². The third-order valence-corrected chi connectivity index (χ3v) is 5.23. The van der Waals surface area contributed by atoms with Crippen LogP contribution in [-0.2, 0) is 16.0 Å². The first-order valence-corrected chi connectivity index (χ1v) is 9.92. The molecule has 0 saturated heterocycles. The quantitative estimate of drug-likeness (QED) is 0.477. The summed E-state index contributed by atoms with van der Waals surface area (Å²) in [5.74, 6) is -0.752. The van der Waals surface area contributed by atoms with E-state index in [-0.39, 0.29) is 29.8 Å². The van der Waals surface area contributed by atoms with E-state index in [9.17, 15) is 9.59 Å². The monoisotopic (exact) mass is 449 g/mol. The highest BCUT2D eigenvalue weighted by atomic mass is 35.5. The Hall–Kier alpha value is -2.50. The molecule has 0 amide bonds. The molecule has 30 heavy (non-hydrogen) atoms. The van der Waals surface area contributed by atoms with Gasteiger partial charge in [0.2, 0.25) is 0 Å². The Morgan fingerprint density at radius 3 is 2.40 bits per heavy atom. The van der Waals surface area contributed by atoms with Gasteiger partial charge in [0.25, 0.3) is 0 Å². The number of halogens is 2. The standard InChI is InChI=1S/C23H24ClNO4.ClH/c1-4-11-25-12-10-18-19(20(14-25)17-8-6-5-7-9-17)13-21(28-15(2)26)23(22(18)24)29-16(3)27;/h4-9,11,13,20H,10,12,14H2,1-3H3;1H/b11-4+;. The third kappa shape index (κ3) is 5.35. The number of rotatable bonds is 4. The Balaban J connectivity index is 0.00000320. The molecule has 160 valence electrons. The van der Waals surface area contributed by atoms with Crippen LogP contribution >= 0.6 is 24.0 Å². The van der Waals surface area contributed by atoms with Crippen molar-refractivity contribution in [2.75, 3.05) is 13.1 Å². The molecular weight excluding hydrogens is 425 g/mol. The van der Waals surface area contributed by atoms with E-state index in [2.05, 4.69) is 23.2 Å². The van der Waals surface area contributed by atoms with Crippen LogP contribution in [0, 0.1) is 0 Å². The lowest BCUT2D eigenvalue weighted by atomic mass is 9.87. The van der Waals surface area contributed by atoms with E-state index >= 15 is 0 Å². The smallest absolute Gasteiger partial charge is 0.308 e. The molecule has 0 spiro atoms. The molecule has 0 N–H and O–H groups in total. The normalized spacial score (nSPS) is 15.7. The summed E-state index contributed by atoms with van der Waals surface area (Å²) in [5, 5.41) is 0.317. The molecule has 0 bridgehead atoms. The molecule has 0 radical (unpaired) electrons. The number of allylic oxidation sites excluding steroid dienone is 1. The highest BCUT2D eigenvalue weighted by molar-refractivity contribution is 6.33. The van der Waals surface area contributed by atoms with E-state index in [4.69, 9.17) is 21.1 Å². The largest absolute Gasteiger partial charge is 0.423 e. The minimum absolute atomic E-state index is 0. The number of hydrogen-bond donors (Lipinski definition) is 0. The number of esters is 2. The summed E-state index contributed by atoms with van der Waals surface area (Å²) >= 11 is 6.70. The van der Waals surface area contributed by atoms with Crippen molar-refractivity contribution in [1.29, 1.82) is 0 Å². The first kappa shape index (κ1) is 23.8. The Labute approximate surface area is 188 Å². The number of benzene rings is 2. The van der Waals surface area contributed by atoms with Gasteiger partial charge >= 0.3 is 11.9 Å². The van der Waals surface area contributed by atoms with Gasteiger partial charge in [-0.3, -0.25) is 9.59 Å². The first-order chi connectivity index (χ1) is 13.9. The average molecular weight is 450 g/mol. The van der Waals surface area contributed by atoms with E-state index in [1.165, 1.54) is 13.8 Å². The molecule has 0 aromatic heterocycles. The summed E-state index contributed by atoms with van der Waals surface area (Å²) in [6, 6.07) is 11.9. The van der Waals surface area contributed by atoms with Crippen LogP contribution in [0.1, 0.15) is 43.4 Å². The predicted molar refractivity (Wildman–Crippen MR) is 120 cm³/mol. The highest BCUT2D eigenvalue weighted by Crippen LogP contribution is 2.45. The van der Waals surface area contributed by atoms with Crippen LogP contribution in [-0.4, -0.2) is 29.9 Å². The molecule has 2 aromatic carbocycles. The molecule has 1 aliphatic rings. The van der Waals surface area contributed by atoms with Crippen LogP contribution < -0.4 is 9.47 Å². The average Bonchev–Trinajstić information content (AvgIpc) is 2.85. The first-order valence-electron chi connectivity index (χ1n) is 9.54. The number of ether oxygens (including phenoxy) is 2. The van der Waals surface area contributed by atoms with Crippen LogP contribution in [0.2, 0.25) is 5.02 Å². The zero-order valence-electron chi connectivity index (χ0n) is 17.2. The van der Waals surface area contributed by atoms with Crippen LogP contribution in [0.15, 0.2) is 48.7 Å². The van der Waals surface area contributed by atoms with Gasteiger partial charge in [0.1, 0.15) is 0 Å². The number of fused-ring (bicyclic) bond motifs is 1. The van der Waals surface area contributed by atoms with E-state index < -0.39 is 11.9 Å². The van der Waals surface area contributed by atoms with Gasteiger partial charge in [-0.25, -0.2) is 0 Å². The Morgan fingerprint density at radius 1 is 1.13 bits per heavy atom. The minimum atomic E-state index is -0.524. The van der Waals surface area contributed by atoms with Crippen molar-refractivity contribution >= 4 is 35.9 Å². The zero-order chi connectivity index (χ0) is 21.0. The Morgan fingerprint density at radius 2 is 1.80 bits per heavy atom. The van der Waals surface area contributed by atoms with Crippen LogP contribution in [0.25, 0.3) is 0 Å². The third-order valence-electron chi connectivity index (χ3n) is 4.83. The molecule has 5 nitrogen and oxygen atoms in total. The summed E-state index contributed by atoms with van der Waals surface area (Å²) in [6.45, 7) is 6.11. The van der Waals surface area contributed by atoms with Gasteiger partial charge in [0.05, 0.1) is 5.02 Å². The molecule has 3 rings (SSSR count). The number of carbonyl (C=O) groups is 2. The van der Waals surface area contributed by atoms with Crippen LogP contribution in [0.4, 0.5) is 0 Å². The van der Waals surface area contributed by atoms with Crippen LogP contribution in [0.5, 0.6) is 11.5 Å². The molecule has 1 aliphatic heterocycles. The second-order valence-electron chi connectivity index (χ2n) is 6.96. The highest BCUT2D eigenvalue weighted by Gasteiger charge is 2.29. The molecule has 0 saturated carbocycles. The van der Waals surface area contributed by atoms with Gasteiger partial charge in [-0.05, 0) is 42.3 Å². The summed E-state index contributed by atoms with van der Waals surface area (Å²) in [6.07, 6.45) is 4.75. The van der Waals surface area contributed by atoms with Gasteiger partial charge in [-0.2, -0.15) is 0 Å². The van der Waals surface area contributed by atoms with Crippen molar-refractivity contribution < 1.29 is 19.1 Å². The lowest BCUT2D eigenvalue weighted by molar-refractivity contribution is -0.134. The topological polar surface area (TPSA) is 55.8 Å². The molecule has 0 fully saturated rings. The molecule has 2 aromatic rings. The van der Waals surface area contributed by atoms with E-state index in [0.29, 0.717) is 11.4 Å². The van der Waals surface area contributed by atoms with Crippen molar-refractivity contribution in [1.82, 2.24) is 4.90 Å². The van der Waals surface area contributed by atoms with Crippen molar-refractivity contribution in [3.63, 3.8) is 0 Å². The fraction of sp³-hybridized carbons (Fsp3) is 0.304. The van der Waals surface area contributed by atoms with Crippen LogP contribution in [0.3, 0.4) is 0 Å². The number of carbonyl (C=O) groups excluding carboxylic acids is 2. The van der Waals surface area contributed by atoms with Crippen molar-refractivity contribution in [3.8, 4) is 11.5 Å². The SMILES string of the molecule is C/C=C/N1CCc2c(cc(OC(C)=O)c(OC(C)=O)c2Cl)C(c2ccccc2)C1.Cl.